The molecule has 4 saturated carbocycles. The Morgan fingerprint density at radius 2 is 1.86 bits per heavy atom. The van der Waals surface area contributed by atoms with Gasteiger partial charge in [0.1, 0.15) is 5.78 Å². The van der Waals surface area contributed by atoms with E-state index in [2.05, 4.69) is 30.5 Å². The molecule has 0 aromatic heterocycles. The molecule has 0 aromatic rings. The molecule has 4 nitrogen and oxygen atoms in total. The van der Waals surface area contributed by atoms with Crippen molar-refractivity contribution in [3.8, 4) is 0 Å². The van der Waals surface area contributed by atoms with Crippen molar-refractivity contribution in [3.05, 3.63) is 12.2 Å². The van der Waals surface area contributed by atoms with Gasteiger partial charge >= 0.3 is 0 Å². The lowest BCUT2D eigenvalue weighted by molar-refractivity contribution is -0.131. The maximum atomic E-state index is 12.7. The van der Waals surface area contributed by atoms with Crippen LogP contribution in [0, 0.1) is 34.5 Å². The molecule has 2 unspecified atom stereocenters. The number of hydrogen-bond acceptors (Lipinski definition) is 4. The molecule has 1 saturated heterocycles. The van der Waals surface area contributed by atoms with E-state index in [0.29, 0.717) is 35.5 Å². The molecule has 5 aliphatic rings. The standard InChI is InChI=1S/C24H36N2O2.ClH/c1-15-12-16-13-17(26-10-4-5-11-26)14-20(25-28)24(16,3)19-8-9-23(2)18(22(15)19)6-7-21(23)27;/h16-19,22,28H,1,4-14H2,2-3H3;1H/t16?,17?,18-,19+,22-,23-,24-;/m0./s1. The highest BCUT2D eigenvalue weighted by molar-refractivity contribution is 5.92. The molecule has 162 valence electrons. The molecule has 29 heavy (non-hydrogen) atoms. The first-order valence-corrected chi connectivity index (χ1v) is 11.6. The van der Waals surface area contributed by atoms with Crippen LogP contribution in [0.1, 0.15) is 71.6 Å². The number of likely N-dealkylation sites (tertiary alicyclic amines) is 1. The topological polar surface area (TPSA) is 52.9 Å². The molecule has 7 atom stereocenters. The van der Waals surface area contributed by atoms with E-state index in [0.717, 1.165) is 44.2 Å². The number of halogens is 1. The number of carbonyl (C=O) groups excluding carboxylic acids is 1. The number of hydrogen-bond donors (Lipinski definition) is 1. The summed E-state index contributed by atoms with van der Waals surface area (Å²) in [5, 5.41) is 14.0. The van der Waals surface area contributed by atoms with Crippen LogP contribution in [0.15, 0.2) is 17.3 Å². The molecule has 1 N–H and O–H groups in total. The number of rotatable bonds is 1. The van der Waals surface area contributed by atoms with Gasteiger partial charge in [0, 0.05) is 29.7 Å². The van der Waals surface area contributed by atoms with Gasteiger partial charge in [0.15, 0.2) is 0 Å². The van der Waals surface area contributed by atoms with Crippen LogP contribution in [0.4, 0.5) is 0 Å². The second-order valence-electron chi connectivity index (χ2n) is 10.9. The molecule has 0 bridgehead atoms. The van der Waals surface area contributed by atoms with Crippen LogP contribution >= 0.6 is 12.4 Å². The Labute approximate surface area is 181 Å². The molecule has 1 aliphatic heterocycles. The lowest BCUT2D eigenvalue weighted by Crippen LogP contribution is -2.59. The molecule has 4 aliphatic carbocycles. The zero-order valence-corrected chi connectivity index (χ0v) is 18.8. The number of nitrogens with zero attached hydrogens (tertiary/aromatic N) is 2. The van der Waals surface area contributed by atoms with E-state index in [9.17, 15) is 10.0 Å². The van der Waals surface area contributed by atoms with Crippen molar-refractivity contribution in [2.75, 3.05) is 13.1 Å². The fourth-order valence-corrected chi connectivity index (χ4v) is 8.29. The van der Waals surface area contributed by atoms with Gasteiger partial charge in [-0.15, -0.1) is 12.4 Å². The summed E-state index contributed by atoms with van der Waals surface area (Å²) in [5.41, 5.74) is 2.24. The fraction of sp³-hybridized carbons (Fsp3) is 0.833. The molecule has 1 heterocycles. The molecule has 0 radical (unpaired) electrons. The highest BCUT2D eigenvalue weighted by Crippen LogP contribution is 2.66. The van der Waals surface area contributed by atoms with Crippen LogP contribution in [0.5, 0.6) is 0 Å². The van der Waals surface area contributed by atoms with Crippen molar-refractivity contribution in [1.29, 1.82) is 0 Å². The average Bonchev–Trinajstić information content (AvgIpc) is 3.31. The zero-order chi connectivity index (χ0) is 19.7. The Bertz CT molecular complexity index is 730. The predicted molar refractivity (Wildman–Crippen MR) is 118 cm³/mol. The second kappa shape index (κ2) is 7.37. The van der Waals surface area contributed by atoms with Crippen molar-refractivity contribution in [3.63, 3.8) is 0 Å². The average molecular weight is 421 g/mol. The monoisotopic (exact) mass is 420 g/mol. The number of Topliss-reactive ketones (excluding diaryl/α,β-unsaturated/α-hetero) is 1. The van der Waals surface area contributed by atoms with Gasteiger partial charge in [-0.2, -0.15) is 0 Å². The van der Waals surface area contributed by atoms with Gasteiger partial charge in [-0.05, 0) is 81.7 Å². The smallest absolute Gasteiger partial charge is 0.139 e. The Morgan fingerprint density at radius 1 is 1.14 bits per heavy atom. The lowest BCUT2D eigenvalue weighted by atomic mass is 9.43. The number of oxime groups is 1. The van der Waals surface area contributed by atoms with E-state index >= 15 is 0 Å². The van der Waals surface area contributed by atoms with Crippen LogP contribution in [-0.2, 0) is 4.79 Å². The minimum absolute atomic E-state index is 0. The summed E-state index contributed by atoms with van der Waals surface area (Å²) >= 11 is 0. The Kier molecular flexibility index (Phi) is 5.43. The van der Waals surface area contributed by atoms with E-state index in [1.807, 2.05) is 0 Å². The van der Waals surface area contributed by atoms with Gasteiger partial charge in [0.05, 0.1) is 5.71 Å². The van der Waals surface area contributed by atoms with Gasteiger partial charge in [0.2, 0.25) is 0 Å². The molecule has 5 heteroatoms. The summed E-state index contributed by atoms with van der Waals surface area (Å²) in [6.45, 7) is 11.6. The van der Waals surface area contributed by atoms with E-state index in [1.165, 1.54) is 37.9 Å². The summed E-state index contributed by atoms with van der Waals surface area (Å²) in [6, 6.07) is 0.526. The van der Waals surface area contributed by atoms with Crippen LogP contribution in [0.2, 0.25) is 0 Å². The summed E-state index contributed by atoms with van der Waals surface area (Å²) < 4.78 is 0. The highest BCUT2D eigenvalue weighted by Gasteiger charge is 2.63. The summed E-state index contributed by atoms with van der Waals surface area (Å²) in [5.74, 6) is 2.35. The van der Waals surface area contributed by atoms with Crippen molar-refractivity contribution in [2.45, 2.75) is 77.7 Å². The van der Waals surface area contributed by atoms with E-state index in [1.54, 1.807) is 0 Å². The van der Waals surface area contributed by atoms with Crippen LogP contribution in [0.3, 0.4) is 0 Å². The van der Waals surface area contributed by atoms with Gasteiger partial charge in [-0.1, -0.05) is 31.2 Å². The predicted octanol–water partition coefficient (Wildman–Crippen LogP) is 5.09. The minimum Gasteiger partial charge on any atom is -0.411 e. The molecular weight excluding hydrogens is 384 g/mol. The number of fused-ring (bicyclic) bond motifs is 5. The van der Waals surface area contributed by atoms with Crippen LogP contribution in [-0.4, -0.2) is 40.7 Å². The van der Waals surface area contributed by atoms with Gasteiger partial charge in [-0.25, -0.2) is 0 Å². The quantitative estimate of drug-likeness (QED) is 0.365. The first-order valence-electron chi connectivity index (χ1n) is 11.6. The molecule has 0 spiro atoms. The van der Waals surface area contributed by atoms with E-state index in [4.69, 9.17) is 0 Å². The molecule has 5 rings (SSSR count). The first-order chi connectivity index (χ1) is 13.4. The maximum Gasteiger partial charge on any atom is 0.139 e. The Hall–Kier alpha value is -0.870. The van der Waals surface area contributed by atoms with Gasteiger partial charge in [0.25, 0.3) is 0 Å². The SMILES string of the molecule is C=C1CC2CC(N3CCCC3)CC(=NO)[C@]2(C)[C@@H]2CC[C@]3(C)C(=O)CC[C@H]3[C@H]12.Cl. The third kappa shape index (κ3) is 2.88. The van der Waals surface area contributed by atoms with Crippen molar-refractivity contribution in [2.24, 2.45) is 39.7 Å². The van der Waals surface area contributed by atoms with Crippen molar-refractivity contribution < 1.29 is 10.0 Å². The lowest BCUT2D eigenvalue weighted by Gasteiger charge is -2.61. The number of carbonyl (C=O) groups is 1. The Balaban J connectivity index is 0.00000205. The molecule has 5 fully saturated rings. The fourth-order valence-electron chi connectivity index (χ4n) is 8.29. The third-order valence-corrected chi connectivity index (χ3v) is 9.96. The zero-order valence-electron chi connectivity index (χ0n) is 18.0. The van der Waals surface area contributed by atoms with E-state index < -0.39 is 0 Å². The minimum atomic E-state index is -0.142. The summed E-state index contributed by atoms with van der Waals surface area (Å²) in [7, 11) is 0. The molecule has 0 aromatic carbocycles. The second-order valence-corrected chi connectivity index (χ2v) is 10.9. The summed E-state index contributed by atoms with van der Waals surface area (Å²) in [6.07, 6.45) is 9.62. The Morgan fingerprint density at radius 3 is 2.55 bits per heavy atom. The summed E-state index contributed by atoms with van der Waals surface area (Å²) in [4.78, 5) is 15.3. The normalized spacial score (nSPS) is 48.8. The largest absolute Gasteiger partial charge is 0.411 e. The van der Waals surface area contributed by atoms with Crippen molar-refractivity contribution in [1.82, 2.24) is 4.90 Å². The maximum absolute atomic E-state index is 12.7. The van der Waals surface area contributed by atoms with Gasteiger partial charge < -0.3 is 5.21 Å². The number of allylic oxidation sites excluding steroid dienone is 1. The molecular formula is C24H37ClN2O2. The van der Waals surface area contributed by atoms with Gasteiger partial charge in [-0.3, -0.25) is 9.69 Å². The van der Waals surface area contributed by atoms with E-state index in [-0.39, 0.29) is 23.2 Å². The third-order valence-electron chi connectivity index (χ3n) is 9.96. The van der Waals surface area contributed by atoms with Crippen LogP contribution in [0.25, 0.3) is 0 Å². The first kappa shape index (κ1) is 21.4. The highest BCUT2D eigenvalue weighted by atomic mass is 35.5. The van der Waals surface area contributed by atoms with Crippen molar-refractivity contribution >= 4 is 23.9 Å². The van der Waals surface area contributed by atoms with Crippen LogP contribution < -0.4 is 0 Å². The number of ketones is 1. The molecule has 0 amide bonds.